The van der Waals surface area contributed by atoms with Crippen molar-refractivity contribution < 1.29 is 13.9 Å². The SMILES string of the molecule is CC1CCN(CCCF)C1.Cc1ccc(C2=C(c3ccc(C)cc3P)CCCc3c2ccc(O)c3F)cc1. The van der Waals surface area contributed by atoms with Crippen molar-refractivity contribution in [1.82, 2.24) is 4.90 Å². The molecule has 2 unspecified atom stereocenters. The molecule has 1 saturated heterocycles. The van der Waals surface area contributed by atoms with Crippen LogP contribution in [0.3, 0.4) is 0 Å². The number of aromatic hydroxyl groups is 1. The second-order valence-electron chi connectivity index (χ2n) is 10.8. The lowest BCUT2D eigenvalue weighted by molar-refractivity contribution is 0.304. The van der Waals surface area contributed by atoms with Crippen LogP contribution in [-0.4, -0.2) is 36.3 Å². The summed E-state index contributed by atoms with van der Waals surface area (Å²) in [5.74, 6) is 0.0745. The van der Waals surface area contributed by atoms with Crippen LogP contribution in [-0.2, 0) is 6.42 Å². The molecular weight excluding hydrogens is 495 g/mol. The van der Waals surface area contributed by atoms with E-state index in [4.69, 9.17) is 0 Å². The van der Waals surface area contributed by atoms with Crippen LogP contribution in [0.5, 0.6) is 5.75 Å². The van der Waals surface area contributed by atoms with Crippen LogP contribution < -0.4 is 5.30 Å². The molecule has 0 aromatic heterocycles. The number of hydrogen-bond donors (Lipinski definition) is 1. The van der Waals surface area contributed by atoms with Crippen LogP contribution in [0.25, 0.3) is 11.1 Å². The van der Waals surface area contributed by atoms with Gasteiger partial charge < -0.3 is 10.0 Å². The van der Waals surface area contributed by atoms with Gasteiger partial charge in [-0.15, -0.1) is 9.24 Å². The van der Waals surface area contributed by atoms with Gasteiger partial charge in [-0.05, 0) is 103 Å². The molecule has 5 rings (SSSR count). The topological polar surface area (TPSA) is 23.5 Å². The molecule has 1 aliphatic carbocycles. The Morgan fingerprint density at radius 3 is 2.34 bits per heavy atom. The summed E-state index contributed by atoms with van der Waals surface area (Å²) in [6.45, 7) is 9.58. The van der Waals surface area contributed by atoms with Crippen molar-refractivity contribution in [3.8, 4) is 5.75 Å². The number of halogens is 2. The number of allylic oxidation sites excluding steroid dienone is 1. The maximum atomic E-state index is 14.8. The molecule has 1 heterocycles. The fourth-order valence-electron chi connectivity index (χ4n) is 5.61. The molecule has 5 heteroatoms. The van der Waals surface area contributed by atoms with E-state index >= 15 is 0 Å². The quantitative estimate of drug-likeness (QED) is 0.340. The van der Waals surface area contributed by atoms with Crippen molar-refractivity contribution in [2.75, 3.05) is 26.3 Å². The Kier molecular flexibility index (Phi) is 9.74. The van der Waals surface area contributed by atoms with Crippen LogP contribution in [0, 0.1) is 25.6 Å². The third kappa shape index (κ3) is 6.71. The van der Waals surface area contributed by atoms with Gasteiger partial charge in [0.15, 0.2) is 11.6 Å². The first-order valence-corrected chi connectivity index (χ1v) is 14.3. The van der Waals surface area contributed by atoms with Gasteiger partial charge in [0.1, 0.15) is 0 Å². The zero-order valence-corrected chi connectivity index (χ0v) is 24.0. The van der Waals surface area contributed by atoms with Crippen LogP contribution in [0.1, 0.15) is 66.0 Å². The number of aryl methyl sites for hydroxylation is 2. The average Bonchev–Trinajstić information content (AvgIpc) is 3.21. The number of likely N-dealkylation sites (tertiary alicyclic amines) is 1. The Bertz CT molecular complexity index is 1280. The van der Waals surface area contributed by atoms with E-state index in [9.17, 15) is 13.9 Å². The predicted molar refractivity (Wildman–Crippen MR) is 159 cm³/mol. The zero-order chi connectivity index (χ0) is 27.2. The monoisotopic (exact) mass is 535 g/mol. The normalized spacial score (nSPS) is 17.6. The van der Waals surface area contributed by atoms with E-state index in [2.05, 4.69) is 77.4 Å². The summed E-state index contributed by atoms with van der Waals surface area (Å²) in [4.78, 5) is 2.35. The van der Waals surface area contributed by atoms with Crippen molar-refractivity contribution >= 4 is 25.7 Å². The molecular formula is C33H40F2NOP. The Morgan fingerprint density at radius 2 is 1.68 bits per heavy atom. The molecule has 1 aliphatic heterocycles. The maximum absolute atomic E-state index is 14.8. The highest BCUT2D eigenvalue weighted by Gasteiger charge is 2.24. The van der Waals surface area contributed by atoms with Gasteiger partial charge >= 0.3 is 0 Å². The van der Waals surface area contributed by atoms with Gasteiger partial charge in [-0.25, -0.2) is 4.39 Å². The minimum Gasteiger partial charge on any atom is -0.505 e. The number of nitrogens with zero attached hydrogens (tertiary/aromatic N) is 1. The first-order valence-electron chi connectivity index (χ1n) is 13.7. The predicted octanol–water partition coefficient (Wildman–Crippen LogP) is 7.63. The van der Waals surface area contributed by atoms with Crippen molar-refractivity contribution in [1.29, 1.82) is 0 Å². The largest absolute Gasteiger partial charge is 0.505 e. The molecule has 1 N–H and O–H groups in total. The lowest BCUT2D eigenvalue weighted by Crippen LogP contribution is -2.21. The molecule has 38 heavy (non-hydrogen) atoms. The number of phenolic OH excluding ortho intramolecular Hbond substituents is 1. The second-order valence-corrected chi connectivity index (χ2v) is 11.4. The molecule has 3 aromatic rings. The Morgan fingerprint density at radius 1 is 0.974 bits per heavy atom. The standard InChI is InChI=1S/C25H24FOP.C8H16FN/c1-15-6-9-17(10-7-15)24-19(18-11-8-16(2)14-23(18)28)4-3-5-21-20(24)12-13-22(27)25(21)26;1-8-3-6-10(7-8)5-2-4-9/h6-14,27H,3-5,28H2,1-2H3;8H,2-7H2,1H3. The fraction of sp³-hybridized carbons (Fsp3) is 0.394. The summed E-state index contributed by atoms with van der Waals surface area (Å²) < 4.78 is 26.5. The Balaban J connectivity index is 0.000000283. The van der Waals surface area contributed by atoms with Crippen LogP contribution in [0.4, 0.5) is 8.78 Å². The summed E-state index contributed by atoms with van der Waals surface area (Å²) in [5.41, 5.74) is 8.48. The molecule has 0 amide bonds. The van der Waals surface area contributed by atoms with Gasteiger partial charge in [0.25, 0.3) is 0 Å². The molecule has 1 fully saturated rings. The molecule has 0 spiro atoms. The smallest absolute Gasteiger partial charge is 0.168 e. The van der Waals surface area contributed by atoms with Crippen molar-refractivity contribution in [3.05, 3.63) is 93.8 Å². The Labute approximate surface area is 229 Å². The molecule has 0 bridgehead atoms. The van der Waals surface area contributed by atoms with E-state index in [1.807, 2.05) is 6.07 Å². The van der Waals surface area contributed by atoms with Gasteiger partial charge in [-0.3, -0.25) is 4.39 Å². The van der Waals surface area contributed by atoms with Gasteiger partial charge in [-0.1, -0.05) is 66.6 Å². The van der Waals surface area contributed by atoms with E-state index in [0.717, 1.165) is 47.3 Å². The first-order chi connectivity index (χ1) is 18.3. The third-order valence-electron chi connectivity index (χ3n) is 7.64. The minimum atomic E-state index is -0.488. The van der Waals surface area contributed by atoms with Gasteiger partial charge in [0.05, 0.1) is 6.67 Å². The molecule has 0 radical (unpaired) electrons. The van der Waals surface area contributed by atoms with Gasteiger partial charge in [0, 0.05) is 13.1 Å². The number of fused-ring (bicyclic) bond motifs is 1. The highest BCUT2D eigenvalue weighted by Crippen LogP contribution is 2.41. The minimum absolute atomic E-state index is 0.162. The number of alkyl halides is 1. The second kappa shape index (κ2) is 13.0. The first kappa shape index (κ1) is 28.5. The molecule has 0 saturated carbocycles. The molecule has 2 atom stereocenters. The van der Waals surface area contributed by atoms with Crippen molar-refractivity contribution in [3.63, 3.8) is 0 Å². The van der Waals surface area contributed by atoms with Crippen molar-refractivity contribution in [2.24, 2.45) is 5.92 Å². The molecule has 3 aromatic carbocycles. The zero-order valence-electron chi connectivity index (χ0n) is 22.9. The number of benzene rings is 3. The highest BCUT2D eigenvalue weighted by molar-refractivity contribution is 7.27. The van der Waals surface area contributed by atoms with Crippen LogP contribution >= 0.6 is 9.24 Å². The van der Waals surface area contributed by atoms with E-state index < -0.39 is 5.82 Å². The van der Waals surface area contributed by atoms with Gasteiger partial charge in [0.2, 0.25) is 0 Å². The van der Waals surface area contributed by atoms with E-state index in [1.54, 1.807) is 0 Å². The van der Waals surface area contributed by atoms with Gasteiger partial charge in [-0.2, -0.15) is 0 Å². The van der Waals surface area contributed by atoms with Crippen LogP contribution in [0.15, 0.2) is 54.6 Å². The molecule has 2 nitrogen and oxygen atoms in total. The Hall–Kier alpha value is -2.55. The lowest BCUT2D eigenvalue weighted by Gasteiger charge is -2.18. The molecule has 2 aliphatic rings. The highest BCUT2D eigenvalue weighted by atomic mass is 31.0. The summed E-state index contributed by atoms with van der Waals surface area (Å²) in [6, 6.07) is 18.2. The molecule has 202 valence electrons. The maximum Gasteiger partial charge on any atom is 0.168 e. The van der Waals surface area contributed by atoms with Crippen LogP contribution in [0.2, 0.25) is 0 Å². The number of rotatable bonds is 5. The van der Waals surface area contributed by atoms with Crippen molar-refractivity contribution in [2.45, 2.75) is 52.9 Å². The summed E-state index contributed by atoms with van der Waals surface area (Å²) >= 11 is 0. The summed E-state index contributed by atoms with van der Waals surface area (Å²) in [5, 5.41) is 11.1. The third-order valence-corrected chi connectivity index (χ3v) is 8.11. The number of phenols is 1. The summed E-state index contributed by atoms with van der Waals surface area (Å²) in [7, 11) is 2.85. The average molecular weight is 536 g/mol. The fourth-order valence-corrected chi connectivity index (χ4v) is 6.14. The van der Waals surface area contributed by atoms with E-state index in [1.165, 1.54) is 47.8 Å². The summed E-state index contributed by atoms with van der Waals surface area (Å²) in [6.07, 6.45) is 4.34. The van der Waals surface area contributed by atoms with E-state index in [-0.39, 0.29) is 12.4 Å². The number of hydrogen-bond acceptors (Lipinski definition) is 2. The lowest BCUT2D eigenvalue weighted by atomic mass is 9.87. The van der Waals surface area contributed by atoms with E-state index in [0.29, 0.717) is 18.4 Å².